The van der Waals surface area contributed by atoms with Crippen molar-refractivity contribution in [3.05, 3.63) is 34.6 Å². The largest absolute Gasteiger partial charge is 0.259 e. The smallest absolute Gasteiger partial charge is 0.128 e. The Labute approximate surface area is 122 Å². The molecule has 0 unspecified atom stereocenters. The van der Waals surface area contributed by atoms with E-state index in [2.05, 4.69) is 0 Å². The molecule has 4 heteroatoms. The third-order valence-corrected chi connectivity index (χ3v) is 5.83. The molecule has 1 fully saturated rings. The molecule has 0 saturated heterocycles. The fourth-order valence-corrected chi connectivity index (χ4v) is 3.63. The van der Waals surface area contributed by atoms with Crippen LogP contribution in [-0.4, -0.2) is 14.7 Å². The van der Waals surface area contributed by atoms with Crippen LogP contribution < -0.4 is 0 Å². The van der Waals surface area contributed by atoms with Gasteiger partial charge >= 0.3 is 0 Å². The van der Waals surface area contributed by atoms with E-state index in [1.807, 2.05) is 20.8 Å². The van der Waals surface area contributed by atoms with Crippen molar-refractivity contribution in [2.75, 3.05) is 5.75 Å². The lowest BCUT2D eigenvalue weighted by molar-refractivity contribution is 0.562. The van der Waals surface area contributed by atoms with E-state index >= 15 is 0 Å². The van der Waals surface area contributed by atoms with Crippen LogP contribution in [0.3, 0.4) is 0 Å². The van der Waals surface area contributed by atoms with E-state index in [-0.39, 0.29) is 16.5 Å². The SMILES string of the molecule is CC(C)(C)[S@](=O)C[C@H](c1ccc(Cl)cc1F)C1CC1. The molecule has 19 heavy (non-hydrogen) atoms. The predicted molar refractivity (Wildman–Crippen MR) is 79.6 cm³/mol. The Kier molecular flexibility index (Phi) is 4.36. The summed E-state index contributed by atoms with van der Waals surface area (Å²) in [6, 6.07) is 4.82. The highest BCUT2D eigenvalue weighted by atomic mass is 35.5. The minimum atomic E-state index is -0.962. The fraction of sp³-hybridized carbons (Fsp3) is 0.600. The zero-order chi connectivity index (χ0) is 14.2. The number of benzene rings is 1. The average Bonchev–Trinajstić information content (AvgIpc) is 3.08. The van der Waals surface area contributed by atoms with Crippen molar-refractivity contribution in [1.82, 2.24) is 0 Å². The number of rotatable bonds is 4. The van der Waals surface area contributed by atoms with E-state index in [0.717, 1.165) is 12.8 Å². The molecule has 0 bridgehead atoms. The zero-order valence-corrected chi connectivity index (χ0v) is 13.2. The first-order chi connectivity index (χ1) is 8.79. The second kappa shape index (κ2) is 5.53. The summed E-state index contributed by atoms with van der Waals surface area (Å²) in [4.78, 5) is 0. The van der Waals surface area contributed by atoms with Crippen molar-refractivity contribution < 1.29 is 8.60 Å². The summed E-state index contributed by atoms with van der Waals surface area (Å²) in [5.41, 5.74) is 0.671. The van der Waals surface area contributed by atoms with Gasteiger partial charge in [-0.2, -0.15) is 0 Å². The maximum Gasteiger partial charge on any atom is 0.128 e. The molecule has 1 nitrogen and oxygen atoms in total. The van der Waals surface area contributed by atoms with E-state index < -0.39 is 10.8 Å². The van der Waals surface area contributed by atoms with Crippen LogP contribution in [0.4, 0.5) is 4.39 Å². The van der Waals surface area contributed by atoms with Gasteiger partial charge in [-0.3, -0.25) is 4.21 Å². The van der Waals surface area contributed by atoms with Gasteiger partial charge in [-0.05, 0) is 57.2 Å². The second-order valence-electron chi connectivity index (χ2n) is 6.23. The van der Waals surface area contributed by atoms with Crippen LogP contribution in [0.25, 0.3) is 0 Å². The summed E-state index contributed by atoms with van der Waals surface area (Å²) < 4.78 is 26.1. The first-order valence-electron chi connectivity index (χ1n) is 6.62. The summed E-state index contributed by atoms with van der Waals surface area (Å²) >= 11 is 5.80. The molecule has 1 aliphatic carbocycles. The molecule has 2 atom stereocenters. The molecule has 106 valence electrons. The van der Waals surface area contributed by atoms with E-state index in [0.29, 0.717) is 22.3 Å². The number of halogens is 2. The van der Waals surface area contributed by atoms with Gasteiger partial charge in [0.2, 0.25) is 0 Å². The van der Waals surface area contributed by atoms with Gasteiger partial charge in [0.1, 0.15) is 5.82 Å². The van der Waals surface area contributed by atoms with Crippen molar-refractivity contribution >= 4 is 22.4 Å². The van der Waals surface area contributed by atoms with Gasteiger partial charge in [0.05, 0.1) is 0 Å². The van der Waals surface area contributed by atoms with Gasteiger partial charge in [-0.1, -0.05) is 17.7 Å². The number of hydrogen-bond acceptors (Lipinski definition) is 1. The summed E-state index contributed by atoms with van der Waals surface area (Å²) in [6.45, 7) is 5.89. The molecule has 0 amide bonds. The van der Waals surface area contributed by atoms with Gasteiger partial charge in [0.15, 0.2) is 0 Å². The highest BCUT2D eigenvalue weighted by Gasteiger charge is 2.36. The Balaban J connectivity index is 2.23. The minimum absolute atomic E-state index is 0.0531. The first-order valence-corrected chi connectivity index (χ1v) is 8.32. The Morgan fingerprint density at radius 3 is 2.53 bits per heavy atom. The van der Waals surface area contributed by atoms with E-state index in [9.17, 15) is 8.60 Å². The lowest BCUT2D eigenvalue weighted by Gasteiger charge is -2.23. The van der Waals surface area contributed by atoms with Crippen LogP contribution in [0.5, 0.6) is 0 Å². The maximum absolute atomic E-state index is 14.1. The normalized spacial score (nSPS) is 19.2. The predicted octanol–water partition coefficient (Wildman–Crippen LogP) is 4.52. The molecule has 2 rings (SSSR count). The van der Waals surface area contributed by atoms with Gasteiger partial charge < -0.3 is 0 Å². The van der Waals surface area contributed by atoms with Crippen LogP contribution in [0, 0.1) is 11.7 Å². The van der Waals surface area contributed by atoms with Crippen LogP contribution in [0.1, 0.15) is 45.1 Å². The Morgan fingerprint density at radius 1 is 1.42 bits per heavy atom. The quantitative estimate of drug-likeness (QED) is 0.799. The third kappa shape index (κ3) is 3.79. The van der Waals surface area contributed by atoms with Crippen LogP contribution in [0.2, 0.25) is 5.02 Å². The molecule has 0 spiro atoms. The van der Waals surface area contributed by atoms with Gasteiger partial charge in [-0.15, -0.1) is 0 Å². The van der Waals surface area contributed by atoms with Crippen molar-refractivity contribution in [1.29, 1.82) is 0 Å². The molecule has 0 heterocycles. The third-order valence-electron chi connectivity index (χ3n) is 3.57. The minimum Gasteiger partial charge on any atom is -0.259 e. The Hall–Kier alpha value is -0.410. The van der Waals surface area contributed by atoms with Crippen molar-refractivity contribution in [2.45, 2.75) is 44.3 Å². The van der Waals surface area contributed by atoms with Gasteiger partial charge in [0.25, 0.3) is 0 Å². The van der Waals surface area contributed by atoms with Crippen LogP contribution in [0.15, 0.2) is 18.2 Å². The molecule has 1 aromatic rings. The van der Waals surface area contributed by atoms with Crippen LogP contribution >= 0.6 is 11.6 Å². The standard InChI is InChI=1S/C15H20ClFOS/c1-15(2,3)19(18)9-13(10-4-5-10)12-7-6-11(16)8-14(12)17/h6-8,10,13H,4-5,9H2,1-3H3/t13-,19+/m0/s1. The van der Waals surface area contributed by atoms with E-state index in [1.54, 1.807) is 12.1 Å². The van der Waals surface area contributed by atoms with Crippen LogP contribution in [-0.2, 0) is 10.8 Å². The maximum atomic E-state index is 14.1. The van der Waals surface area contributed by atoms with E-state index in [1.165, 1.54) is 6.07 Å². The highest BCUT2D eigenvalue weighted by Crippen LogP contribution is 2.44. The fourth-order valence-electron chi connectivity index (χ4n) is 2.19. The molecule has 0 aromatic heterocycles. The molecular formula is C15H20ClFOS. The molecule has 1 aromatic carbocycles. The lowest BCUT2D eigenvalue weighted by atomic mass is 9.96. The lowest BCUT2D eigenvalue weighted by Crippen LogP contribution is -2.27. The van der Waals surface area contributed by atoms with E-state index in [4.69, 9.17) is 11.6 Å². The Morgan fingerprint density at radius 2 is 2.05 bits per heavy atom. The van der Waals surface area contributed by atoms with Crippen molar-refractivity contribution in [3.63, 3.8) is 0 Å². The summed E-state index contributed by atoms with van der Waals surface area (Å²) in [6.07, 6.45) is 2.21. The van der Waals surface area contributed by atoms with Gasteiger partial charge in [0, 0.05) is 32.2 Å². The molecule has 0 radical (unpaired) electrons. The Bertz CT molecular complexity index is 491. The first kappa shape index (κ1) is 15.0. The monoisotopic (exact) mass is 302 g/mol. The second-order valence-corrected chi connectivity index (χ2v) is 8.92. The summed E-state index contributed by atoms with van der Waals surface area (Å²) in [7, 11) is -0.962. The van der Waals surface area contributed by atoms with Crippen molar-refractivity contribution in [3.8, 4) is 0 Å². The van der Waals surface area contributed by atoms with Gasteiger partial charge in [-0.25, -0.2) is 4.39 Å². The molecular weight excluding hydrogens is 283 g/mol. The van der Waals surface area contributed by atoms with Crippen molar-refractivity contribution in [2.24, 2.45) is 5.92 Å². The molecule has 1 aliphatic rings. The average molecular weight is 303 g/mol. The summed E-state index contributed by atoms with van der Waals surface area (Å²) in [5.74, 6) is 0.793. The molecule has 1 saturated carbocycles. The molecule has 0 N–H and O–H groups in total. The molecule has 0 aliphatic heterocycles. The highest BCUT2D eigenvalue weighted by molar-refractivity contribution is 7.86. The zero-order valence-electron chi connectivity index (χ0n) is 11.6. The topological polar surface area (TPSA) is 17.1 Å². The number of hydrogen-bond donors (Lipinski definition) is 0. The summed E-state index contributed by atoms with van der Waals surface area (Å²) in [5, 5.41) is 0.410.